The highest BCUT2D eigenvalue weighted by Crippen LogP contribution is 2.33. The lowest BCUT2D eigenvalue weighted by Crippen LogP contribution is -2.41. The molecule has 0 bridgehead atoms. The third-order valence-corrected chi connectivity index (χ3v) is 5.92. The van der Waals surface area contributed by atoms with Crippen LogP contribution < -0.4 is 14.2 Å². The van der Waals surface area contributed by atoms with Crippen LogP contribution >= 0.6 is 0 Å². The molecule has 144 valence electrons. The van der Waals surface area contributed by atoms with Gasteiger partial charge in [-0.05, 0) is 18.2 Å². The monoisotopic (exact) mass is 394 g/mol. The maximum absolute atomic E-state index is 12.9. The van der Waals surface area contributed by atoms with Gasteiger partial charge in [-0.2, -0.15) is 4.31 Å². The Hall–Kier alpha value is -2.85. The van der Waals surface area contributed by atoms with E-state index in [1.54, 1.807) is 18.2 Å². The lowest BCUT2D eigenvalue weighted by molar-refractivity contribution is -0.385. The smallest absolute Gasteiger partial charge is 0.271 e. The lowest BCUT2D eigenvalue weighted by atomic mass is 10.2. The van der Waals surface area contributed by atoms with Gasteiger partial charge in [-0.15, -0.1) is 0 Å². The van der Waals surface area contributed by atoms with Crippen molar-refractivity contribution in [3.8, 4) is 17.2 Å². The van der Waals surface area contributed by atoms with E-state index >= 15 is 0 Å². The summed E-state index contributed by atoms with van der Waals surface area (Å²) in [6, 6.07) is 10.5. The Morgan fingerprint density at radius 2 is 1.96 bits per heavy atom. The molecule has 10 heteroatoms. The van der Waals surface area contributed by atoms with Crippen molar-refractivity contribution in [1.29, 1.82) is 0 Å². The molecule has 2 aromatic carbocycles. The molecule has 0 spiro atoms. The van der Waals surface area contributed by atoms with E-state index in [1.807, 2.05) is 6.07 Å². The first kappa shape index (κ1) is 18.9. The number of hydrogen-bond donors (Lipinski definition) is 0. The number of non-ortho nitro benzene ring substituents is 1. The van der Waals surface area contributed by atoms with Crippen LogP contribution in [0.1, 0.15) is 0 Å². The van der Waals surface area contributed by atoms with E-state index in [0.29, 0.717) is 11.5 Å². The first-order valence-electron chi connectivity index (χ1n) is 8.00. The maximum Gasteiger partial charge on any atom is 0.271 e. The van der Waals surface area contributed by atoms with Crippen molar-refractivity contribution in [2.75, 3.05) is 27.3 Å². The SMILES string of the molecule is COc1ccc([N+](=O)[O-])cc1S(=O)(=O)N(C)CC1COc2ccccc2O1. The number of sulfonamides is 1. The van der Waals surface area contributed by atoms with Gasteiger partial charge < -0.3 is 14.2 Å². The Bertz CT molecular complexity index is 962. The van der Waals surface area contributed by atoms with E-state index in [4.69, 9.17) is 14.2 Å². The van der Waals surface area contributed by atoms with Gasteiger partial charge in [0, 0.05) is 19.2 Å². The van der Waals surface area contributed by atoms with Crippen LogP contribution in [-0.4, -0.2) is 51.1 Å². The zero-order chi connectivity index (χ0) is 19.6. The summed E-state index contributed by atoms with van der Waals surface area (Å²) in [7, 11) is -1.37. The fraction of sp³-hybridized carbons (Fsp3) is 0.294. The predicted octanol–water partition coefficient (Wildman–Crippen LogP) is 2.06. The Kier molecular flexibility index (Phi) is 5.19. The second kappa shape index (κ2) is 7.41. The number of nitro groups is 1. The van der Waals surface area contributed by atoms with Gasteiger partial charge in [0.15, 0.2) is 11.5 Å². The van der Waals surface area contributed by atoms with Crippen molar-refractivity contribution in [2.24, 2.45) is 0 Å². The zero-order valence-electron chi connectivity index (χ0n) is 14.7. The molecule has 1 atom stereocenters. The molecule has 9 nitrogen and oxygen atoms in total. The van der Waals surface area contributed by atoms with Crippen LogP contribution in [0.2, 0.25) is 0 Å². The first-order valence-corrected chi connectivity index (χ1v) is 9.44. The van der Waals surface area contributed by atoms with Crippen molar-refractivity contribution < 1.29 is 27.6 Å². The predicted molar refractivity (Wildman–Crippen MR) is 95.8 cm³/mol. The first-order chi connectivity index (χ1) is 12.8. The molecule has 27 heavy (non-hydrogen) atoms. The zero-order valence-corrected chi connectivity index (χ0v) is 15.5. The number of rotatable bonds is 6. The van der Waals surface area contributed by atoms with Gasteiger partial charge in [-0.3, -0.25) is 10.1 Å². The summed E-state index contributed by atoms with van der Waals surface area (Å²) in [5.74, 6) is 1.16. The van der Waals surface area contributed by atoms with Gasteiger partial charge in [-0.25, -0.2) is 8.42 Å². The average Bonchev–Trinajstić information content (AvgIpc) is 2.67. The van der Waals surface area contributed by atoms with Crippen LogP contribution in [0.15, 0.2) is 47.4 Å². The highest BCUT2D eigenvalue weighted by atomic mass is 32.2. The van der Waals surface area contributed by atoms with Crippen LogP contribution in [0.3, 0.4) is 0 Å². The Labute approximate surface area is 156 Å². The molecular weight excluding hydrogens is 376 g/mol. The van der Waals surface area contributed by atoms with Gasteiger partial charge in [-0.1, -0.05) is 12.1 Å². The molecule has 0 radical (unpaired) electrons. The summed E-state index contributed by atoms with van der Waals surface area (Å²) >= 11 is 0. The van der Waals surface area contributed by atoms with E-state index in [0.717, 1.165) is 10.4 Å². The standard InChI is InChI=1S/C17H18N2O7S/c1-18(10-13-11-25-14-5-3-4-6-15(14)26-13)27(22,23)17-9-12(19(20)21)7-8-16(17)24-2/h3-9,13H,10-11H2,1-2H3. The summed E-state index contributed by atoms with van der Waals surface area (Å²) in [5, 5.41) is 11.0. The van der Waals surface area contributed by atoms with Crippen LogP contribution in [0.4, 0.5) is 5.69 Å². The molecule has 0 N–H and O–H groups in total. The Morgan fingerprint density at radius 1 is 1.26 bits per heavy atom. The molecule has 0 saturated heterocycles. The minimum Gasteiger partial charge on any atom is -0.495 e. The quantitative estimate of drug-likeness (QED) is 0.545. The molecule has 0 aromatic heterocycles. The molecule has 0 aliphatic carbocycles. The normalized spacial score (nSPS) is 16.2. The summed E-state index contributed by atoms with van der Waals surface area (Å²) in [5.41, 5.74) is -0.339. The summed E-state index contributed by atoms with van der Waals surface area (Å²) in [6.45, 7) is 0.186. The maximum atomic E-state index is 12.9. The number of benzene rings is 2. The second-order valence-electron chi connectivity index (χ2n) is 5.88. The summed E-state index contributed by atoms with van der Waals surface area (Å²) in [4.78, 5) is 10.1. The fourth-order valence-electron chi connectivity index (χ4n) is 2.69. The van der Waals surface area contributed by atoms with Crippen molar-refractivity contribution in [1.82, 2.24) is 4.31 Å². The van der Waals surface area contributed by atoms with E-state index in [-0.39, 0.29) is 29.5 Å². The number of fused-ring (bicyclic) bond motifs is 1. The fourth-order valence-corrected chi connectivity index (χ4v) is 4.06. The molecule has 0 saturated carbocycles. The summed E-state index contributed by atoms with van der Waals surface area (Å²) < 4.78 is 43.4. The third kappa shape index (κ3) is 3.81. The number of hydrogen-bond acceptors (Lipinski definition) is 7. The van der Waals surface area contributed by atoms with Gasteiger partial charge in [0.05, 0.1) is 18.6 Å². The van der Waals surface area contributed by atoms with Crippen LogP contribution in [0.25, 0.3) is 0 Å². The molecular formula is C17H18N2O7S. The largest absolute Gasteiger partial charge is 0.495 e. The molecule has 2 aromatic rings. The van der Waals surface area contributed by atoms with Gasteiger partial charge in [0.25, 0.3) is 5.69 Å². The molecule has 3 rings (SSSR count). The van der Waals surface area contributed by atoms with E-state index in [2.05, 4.69) is 0 Å². The van der Waals surface area contributed by atoms with Gasteiger partial charge in [0.2, 0.25) is 10.0 Å². The molecule has 1 aliphatic heterocycles. The number of para-hydroxylation sites is 2. The average molecular weight is 394 g/mol. The van der Waals surface area contributed by atoms with Crippen molar-refractivity contribution in [3.05, 3.63) is 52.6 Å². The number of methoxy groups -OCH3 is 1. The number of likely N-dealkylation sites (N-methyl/N-ethyl adjacent to an activating group) is 1. The highest BCUT2D eigenvalue weighted by molar-refractivity contribution is 7.89. The molecule has 0 fully saturated rings. The second-order valence-corrected chi connectivity index (χ2v) is 7.89. The van der Waals surface area contributed by atoms with Gasteiger partial charge >= 0.3 is 0 Å². The van der Waals surface area contributed by atoms with Crippen LogP contribution in [0, 0.1) is 10.1 Å². The van der Waals surface area contributed by atoms with Crippen LogP contribution in [0.5, 0.6) is 17.2 Å². The van der Waals surface area contributed by atoms with Crippen molar-refractivity contribution in [2.45, 2.75) is 11.0 Å². The lowest BCUT2D eigenvalue weighted by Gasteiger charge is -2.29. The highest BCUT2D eigenvalue weighted by Gasteiger charge is 2.31. The summed E-state index contributed by atoms with van der Waals surface area (Å²) in [6.07, 6.45) is -0.524. The van der Waals surface area contributed by atoms with E-state index < -0.39 is 21.1 Å². The van der Waals surface area contributed by atoms with Gasteiger partial charge in [0.1, 0.15) is 23.4 Å². The Morgan fingerprint density at radius 3 is 2.63 bits per heavy atom. The number of ether oxygens (including phenoxy) is 3. The van der Waals surface area contributed by atoms with E-state index in [9.17, 15) is 18.5 Å². The minimum absolute atomic E-state index is 0.00249. The molecule has 1 heterocycles. The molecule has 0 amide bonds. The minimum atomic E-state index is -4.05. The topological polar surface area (TPSA) is 108 Å². The number of nitrogens with zero attached hydrogens (tertiary/aromatic N) is 2. The molecule has 1 aliphatic rings. The third-order valence-electron chi connectivity index (χ3n) is 4.07. The number of nitro benzene ring substituents is 1. The van der Waals surface area contributed by atoms with Crippen molar-refractivity contribution in [3.63, 3.8) is 0 Å². The molecule has 1 unspecified atom stereocenters. The Balaban J connectivity index is 1.83. The van der Waals surface area contributed by atoms with E-state index in [1.165, 1.54) is 26.3 Å². The van der Waals surface area contributed by atoms with Crippen molar-refractivity contribution >= 4 is 15.7 Å². The van der Waals surface area contributed by atoms with Crippen LogP contribution in [-0.2, 0) is 10.0 Å².